The number of nitrogens with one attached hydrogen (secondary N) is 1. The molecule has 0 aromatic heterocycles. The standard InChI is InChI=1S/C14H32P.C3H7NO2/c1-5-9-12-15(8-4,13-10-6-2)14-11-7-3;1-4-2-3(5)6/h5-14H2,1-4H3;4H,2H2,1H3,(H,5,6). The average molecular weight is 320 g/mol. The molecule has 4 heteroatoms. The highest BCUT2D eigenvalue weighted by atomic mass is 31.2. The first-order valence-electron chi connectivity index (χ1n) is 8.73. The van der Waals surface area contributed by atoms with Crippen molar-refractivity contribution in [2.75, 3.05) is 38.2 Å². The first-order chi connectivity index (χ1) is 10.0. The molecular formula is C17H39NO2P. The maximum atomic E-state index is 9.54. The molecule has 0 unspecified atom stereocenters. The number of carboxylic acid groups (broad SMARTS) is 1. The third-order valence-corrected chi connectivity index (χ3v) is 9.09. The van der Waals surface area contributed by atoms with Crippen LogP contribution >= 0.6 is 7.26 Å². The van der Waals surface area contributed by atoms with Gasteiger partial charge in [-0.1, -0.05) is 47.0 Å². The maximum absolute atomic E-state index is 9.54. The molecule has 0 atom stereocenters. The van der Waals surface area contributed by atoms with Crippen LogP contribution < -0.4 is 5.32 Å². The maximum Gasteiger partial charge on any atom is 0.317 e. The van der Waals surface area contributed by atoms with Gasteiger partial charge in [0.1, 0.15) is 0 Å². The Hall–Kier alpha value is -0.140. The number of rotatable bonds is 12. The van der Waals surface area contributed by atoms with E-state index in [0.29, 0.717) is 0 Å². The molecule has 0 spiro atoms. The van der Waals surface area contributed by atoms with Crippen LogP contribution in [-0.4, -0.2) is 49.3 Å². The molecule has 0 aromatic rings. The van der Waals surface area contributed by atoms with Crippen molar-refractivity contribution >= 4 is 13.2 Å². The van der Waals surface area contributed by atoms with Crippen LogP contribution in [-0.2, 0) is 4.79 Å². The van der Waals surface area contributed by atoms with Crippen LogP contribution in [0.4, 0.5) is 0 Å². The number of carbonyl (C=O) groups is 1. The van der Waals surface area contributed by atoms with E-state index in [0.717, 1.165) is 0 Å². The van der Waals surface area contributed by atoms with Gasteiger partial charge < -0.3 is 10.4 Å². The molecule has 0 aliphatic rings. The van der Waals surface area contributed by atoms with Gasteiger partial charge in [-0.15, -0.1) is 7.26 Å². The minimum absolute atomic E-state index is 0.0417. The van der Waals surface area contributed by atoms with E-state index in [9.17, 15) is 4.79 Å². The Bertz CT molecular complexity index is 213. The van der Waals surface area contributed by atoms with Gasteiger partial charge in [0.15, 0.2) is 0 Å². The van der Waals surface area contributed by atoms with E-state index in [-0.39, 0.29) is 6.54 Å². The van der Waals surface area contributed by atoms with Gasteiger partial charge in [-0.2, -0.15) is 0 Å². The highest BCUT2D eigenvalue weighted by molar-refractivity contribution is 7.75. The molecule has 0 fully saturated rings. The summed E-state index contributed by atoms with van der Waals surface area (Å²) >= 11 is 0. The van der Waals surface area contributed by atoms with Crippen LogP contribution in [0, 0.1) is 0 Å². The predicted molar refractivity (Wildman–Crippen MR) is 98.3 cm³/mol. The van der Waals surface area contributed by atoms with Crippen molar-refractivity contribution in [3.05, 3.63) is 0 Å². The van der Waals surface area contributed by atoms with Crippen molar-refractivity contribution in [2.24, 2.45) is 0 Å². The monoisotopic (exact) mass is 320 g/mol. The van der Waals surface area contributed by atoms with Gasteiger partial charge in [0.05, 0.1) is 6.54 Å². The Morgan fingerprint density at radius 1 is 0.905 bits per heavy atom. The minimum atomic E-state index is -0.822. The molecule has 0 amide bonds. The minimum Gasteiger partial charge on any atom is -0.480 e. The molecule has 21 heavy (non-hydrogen) atoms. The van der Waals surface area contributed by atoms with Gasteiger partial charge in [-0.3, -0.25) is 4.79 Å². The summed E-state index contributed by atoms with van der Waals surface area (Å²) in [6, 6.07) is 0. The van der Waals surface area contributed by atoms with E-state index in [1.807, 2.05) is 0 Å². The Labute approximate surface area is 133 Å². The molecule has 0 bridgehead atoms. The van der Waals surface area contributed by atoms with Crippen LogP contribution in [0.2, 0.25) is 0 Å². The highest BCUT2D eigenvalue weighted by Crippen LogP contribution is 2.60. The van der Waals surface area contributed by atoms with E-state index in [1.165, 1.54) is 44.7 Å². The van der Waals surface area contributed by atoms with Gasteiger partial charge in [0.25, 0.3) is 0 Å². The lowest BCUT2D eigenvalue weighted by Gasteiger charge is -2.36. The fraction of sp³-hybridized carbons (Fsp3) is 0.941. The number of aliphatic carboxylic acids is 1. The Balaban J connectivity index is 0. The summed E-state index contributed by atoms with van der Waals surface area (Å²) in [5.74, 6) is -0.822. The summed E-state index contributed by atoms with van der Waals surface area (Å²) in [6.45, 7) is 9.51. The first kappa shape index (κ1) is 23.1. The van der Waals surface area contributed by atoms with Crippen molar-refractivity contribution in [3.63, 3.8) is 0 Å². The number of likely N-dealkylation sites (N-methyl/N-ethyl adjacent to an activating group) is 1. The summed E-state index contributed by atoms with van der Waals surface area (Å²) < 4.78 is 0. The molecule has 129 valence electrons. The second kappa shape index (κ2) is 16.2. The molecule has 1 radical (unpaired) electrons. The Morgan fingerprint density at radius 2 is 1.29 bits per heavy atom. The average Bonchev–Trinajstić information content (AvgIpc) is 2.47. The zero-order chi connectivity index (χ0) is 16.6. The number of hydrogen-bond acceptors (Lipinski definition) is 2. The molecule has 0 aliphatic carbocycles. The van der Waals surface area contributed by atoms with Crippen molar-refractivity contribution in [1.29, 1.82) is 0 Å². The Kier molecular flexibility index (Phi) is 17.9. The van der Waals surface area contributed by atoms with Crippen LogP contribution in [0.3, 0.4) is 0 Å². The second-order valence-electron chi connectivity index (χ2n) is 5.81. The third kappa shape index (κ3) is 14.6. The zero-order valence-corrected chi connectivity index (χ0v) is 16.0. The molecule has 0 saturated carbocycles. The molecule has 2 N–H and O–H groups in total. The SMILES string of the molecule is CCCC[P](CC)(CCCC)CCCC.CNCC(=O)O. The number of hydrogen-bond donors (Lipinski definition) is 2. The van der Waals surface area contributed by atoms with Crippen molar-refractivity contribution < 1.29 is 9.90 Å². The molecule has 0 heterocycles. The summed E-state index contributed by atoms with van der Waals surface area (Å²) in [6.07, 6.45) is 14.9. The fourth-order valence-corrected chi connectivity index (χ4v) is 7.02. The third-order valence-electron chi connectivity index (χ3n) is 3.96. The molecule has 0 saturated heterocycles. The van der Waals surface area contributed by atoms with E-state index >= 15 is 0 Å². The fourth-order valence-electron chi connectivity index (χ4n) is 2.44. The largest absolute Gasteiger partial charge is 0.480 e. The molecular weight excluding hydrogens is 281 g/mol. The van der Waals surface area contributed by atoms with Gasteiger partial charge in [0, 0.05) is 0 Å². The van der Waals surface area contributed by atoms with Gasteiger partial charge in [0.2, 0.25) is 0 Å². The molecule has 0 aromatic carbocycles. The van der Waals surface area contributed by atoms with Crippen LogP contribution in [0.15, 0.2) is 0 Å². The lowest BCUT2D eigenvalue weighted by molar-refractivity contribution is -0.135. The summed E-state index contributed by atoms with van der Waals surface area (Å²) in [4.78, 5) is 9.54. The quantitative estimate of drug-likeness (QED) is 0.512. The summed E-state index contributed by atoms with van der Waals surface area (Å²) in [7, 11) is 1.06. The van der Waals surface area contributed by atoms with E-state index < -0.39 is 13.2 Å². The van der Waals surface area contributed by atoms with Crippen molar-refractivity contribution in [1.82, 2.24) is 5.32 Å². The predicted octanol–water partition coefficient (Wildman–Crippen LogP) is 4.71. The molecule has 0 aliphatic heterocycles. The summed E-state index contributed by atoms with van der Waals surface area (Å²) in [5, 5.41) is 10.3. The van der Waals surface area contributed by atoms with Gasteiger partial charge in [-0.25, -0.2) is 0 Å². The highest BCUT2D eigenvalue weighted by Gasteiger charge is 2.22. The van der Waals surface area contributed by atoms with Crippen LogP contribution in [0.1, 0.15) is 66.2 Å². The summed E-state index contributed by atoms with van der Waals surface area (Å²) in [5.41, 5.74) is 0. The van der Waals surface area contributed by atoms with E-state index in [2.05, 4.69) is 33.0 Å². The lowest BCUT2D eigenvalue weighted by Crippen LogP contribution is -2.16. The Morgan fingerprint density at radius 3 is 1.43 bits per heavy atom. The lowest BCUT2D eigenvalue weighted by atomic mass is 10.4. The van der Waals surface area contributed by atoms with Crippen LogP contribution in [0.25, 0.3) is 0 Å². The normalized spacial score (nSPS) is 10.9. The van der Waals surface area contributed by atoms with Gasteiger partial charge in [-0.05, 0) is 51.0 Å². The first-order valence-corrected chi connectivity index (χ1v) is 11.3. The smallest absolute Gasteiger partial charge is 0.317 e. The topological polar surface area (TPSA) is 49.3 Å². The van der Waals surface area contributed by atoms with Crippen LogP contribution in [0.5, 0.6) is 0 Å². The van der Waals surface area contributed by atoms with E-state index in [1.54, 1.807) is 25.5 Å². The zero-order valence-electron chi connectivity index (χ0n) is 15.1. The second-order valence-corrected chi connectivity index (χ2v) is 10.5. The number of unbranched alkanes of at least 4 members (excludes halogenated alkanes) is 3. The van der Waals surface area contributed by atoms with E-state index in [4.69, 9.17) is 5.11 Å². The number of carboxylic acids is 1. The molecule has 0 rings (SSSR count). The van der Waals surface area contributed by atoms with Gasteiger partial charge >= 0.3 is 5.97 Å². The van der Waals surface area contributed by atoms with Crippen molar-refractivity contribution in [2.45, 2.75) is 66.2 Å². The molecule has 3 nitrogen and oxygen atoms in total. The van der Waals surface area contributed by atoms with Crippen molar-refractivity contribution in [3.8, 4) is 0 Å².